The first-order chi connectivity index (χ1) is 10.2. The van der Waals surface area contributed by atoms with Crippen LogP contribution in [0.15, 0.2) is 0 Å². The van der Waals surface area contributed by atoms with Crippen LogP contribution < -0.4 is 0 Å². The van der Waals surface area contributed by atoms with Gasteiger partial charge in [0.05, 0.1) is 0 Å². The lowest BCUT2D eigenvalue weighted by Crippen LogP contribution is -1.97. The fourth-order valence-corrected chi connectivity index (χ4v) is 2.77. The molecule has 0 aromatic heterocycles. The van der Waals surface area contributed by atoms with Crippen molar-refractivity contribution >= 4 is 27.7 Å². The zero-order chi connectivity index (χ0) is 15.8. The highest BCUT2D eigenvalue weighted by Crippen LogP contribution is 2.12. The van der Waals surface area contributed by atoms with Crippen LogP contribution in [-0.4, -0.2) is 22.2 Å². The third kappa shape index (κ3) is 17.6. The van der Waals surface area contributed by atoms with E-state index in [4.69, 9.17) is 5.11 Å². The standard InChI is InChI=1S/C17H31BrO3/c18-15-11-7-6-9-13-16(19)12-8-4-2-1-3-5-10-14-17(20)21/h1-15H2,(H,20,21). The smallest absolute Gasteiger partial charge is 0.303 e. The maximum Gasteiger partial charge on any atom is 0.303 e. The van der Waals surface area contributed by atoms with Crippen molar-refractivity contribution < 1.29 is 14.7 Å². The van der Waals surface area contributed by atoms with E-state index in [-0.39, 0.29) is 0 Å². The molecule has 124 valence electrons. The van der Waals surface area contributed by atoms with Crippen LogP contribution in [0, 0.1) is 0 Å². The van der Waals surface area contributed by atoms with Crippen LogP contribution in [0.1, 0.15) is 89.9 Å². The number of unbranched alkanes of at least 4 members (excludes halogenated alkanes) is 9. The Balaban J connectivity index is 3.16. The van der Waals surface area contributed by atoms with Crippen molar-refractivity contribution in [1.29, 1.82) is 0 Å². The van der Waals surface area contributed by atoms with Crippen LogP contribution in [0.25, 0.3) is 0 Å². The Morgan fingerprint density at radius 3 is 1.43 bits per heavy atom. The quantitative estimate of drug-likeness (QED) is 0.291. The van der Waals surface area contributed by atoms with Gasteiger partial charge < -0.3 is 5.11 Å². The van der Waals surface area contributed by atoms with Gasteiger partial charge in [0, 0.05) is 24.6 Å². The minimum Gasteiger partial charge on any atom is -0.481 e. The van der Waals surface area contributed by atoms with Crippen molar-refractivity contribution in [2.45, 2.75) is 89.9 Å². The fourth-order valence-electron chi connectivity index (χ4n) is 2.38. The molecule has 0 heterocycles. The summed E-state index contributed by atoms with van der Waals surface area (Å²) < 4.78 is 0. The first-order valence-electron chi connectivity index (χ1n) is 8.46. The van der Waals surface area contributed by atoms with Crippen LogP contribution in [0.4, 0.5) is 0 Å². The summed E-state index contributed by atoms with van der Waals surface area (Å²) in [5.74, 6) is -0.268. The predicted octanol–water partition coefficient (Wildman–Crippen LogP) is 5.50. The summed E-state index contributed by atoms with van der Waals surface area (Å²) >= 11 is 3.41. The number of carboxylic acid groups (broad SMARTS) is 1. The largest absolute Gasteiger partial charge is 0.481 e. The van der Waals surface area contributed by atoms with Gasteiger partial charge in [-0.15, -0.1) is 0 Å². The SMILES string of the molecule is O=C(O)CCCCCCCCCC(=O)CCCCCCBr. The Bertz CT molecular complexity index is 267. The Labute approximate surface area is 138 Å². The van der Waals surface area contributed by atoms with E-state index < -0.39 is 5.97 Å². The fraction of sp³-hybridized carbons (Fsp3) is 0.882. The number of hydrogen-bond acceptors (Lipinski definition) is 2. The minimum atomic E-state index is -0.694. The Morgan fingerprint density at radius 2 is 1.00 bits per heavy atom. The molecule has 21 heavy (non-hydrogen) atoms. The highest BCUT2D eigenvalue weighted by molar-refractivity contribution is 9.09. The predicted molar refractivity (Wildman–Crippen MR) is 91.1 cm³/mol. The normalized spacial score (nSPS) is 10.7. The monoisotopic (exact) mass is 362 g/mol. The summed E-state index contributed by atoms with van der Waals surface area (Å²) in [6.45, 7) is 0. The molecule has 0 unspecified atom stereocenters. The van der Waals surface area contributed by atoms with Gasteiger partial charge in [0.1, 0.15) is 5.78 Å². The molecule has 0 amide bonds. The third-order valence-corrected chi connectivity index (χ3v) is 4.25. The van der Waals surface area contributed by atoms with E-state index in [1.54, 1.807) is 0 Å². The molecule has 4 heteroatoms. The van der Waals surface area contributed by atoms with Crippen molar-refractivity contribution in [2.24, 2.45) is 0 Å². The molecule has 0 aliphatic heterocycles. The highest BCUT2D eigenvalue weighted by atomic mass is 79.9. The van der Waals surface area contributed by atoms with Gasteiger partial charge in [-0.25, -0.2) is 0 Å². The van der Waals surface area contributed by atoms with E-state index in [2.05, 4.69) is 15.9 Å². The lowest BCUT2D eigenvalue weighted by atomic mass is 10.0. The van der Waals surface area contributed by atoms with Crippen molar-refractivity contribution in [1.82, 2.24) is 0 Å². The summed E-state index contributed by atoms with van der Waals surface area (Å²) in [7, 11) is 0. The third-order valence-electron chi connectivity index (χ3n) is 3.69. The van der Waals surface area contributed by atoms with Crippen LogP contribution in [0.2, 0.25) is 0 Å². The second kappa shape index (κ2) is 16.0. The maximum atomic E-state index is 11.6. The number of aliphatic carboxylic acids is 1. The summed E-state index contributed by atoms with van der Waals surface area (Å²) in [5.41, 5.74) is 0. The highest BCUT2D eigenvalue weighted by Gasteiger charge is 2.02. The molecule has 0 fully saturated rings. The molecular weight excluding hydrogens is 332 g/mol. The molecule has 0 atom stereocenters. The van der Waals surface area contributed by atoms with Crippen molar-refractivity contribution in [3.63, 3.8) is 0 Å². The van der Waals surface area contributed by atoms with Gasteiger partial charge in [0.2, 0.25) is 0 Å². The molecule has 0 aromatic carbocycles. The van der Waals surface area contributed by atoms with Crippen molar-refractivity contribution in [2.75, 3.05) is 5.33 Å². The van der Waals surface area contributed by atoms with Gasteiger partial charge in [0.15, 0.2) is 0 Å². The molecule has 0 radical (unpaired) electrons. The average molecular weight is 363 g/mol. The topological polar surface area (TPSA) is 54.4 Å². The molecule has 3 nitrogen and oxygen atoms in total. The Morgan fingerprint density at radius 1 is 0.619 bits per heavy atom. The second-order valence-electron chi connectivity index (χ2n) is 5.76. The van der Waals surface area contributed by atoms with Crippen molar-refractivity contribution in [3.8, 4) is 0 Å². The van der Waals surface area contributed by atoms with Crippen LogP contribution in [-0.2, 0) is 9.59 Å². The Kier molecular flexibility index (Phi) is 15.7. The van der Waals surface area contributed by atoms with Gasteiger partial charge in [-0.2, -0.15) is 0 Å². The van der Waals surface area contributed by atoms with Crippen LogP contribution in [0.5, 0.6) is 0 Å². The lowest BCUT2D eigenvalue weighted by molar-refractivity contribution is -0.137. The van der Waals surface area contributed by atoms with Gasteiger partial charge >= 0.3 is 5.97 Å². The number of Topliss-reactive ketones (excluding diaryl/α,β-unsaturated/α-hetero) is 1. The number of hydrogen-bond donors (Lipinski definition) is 1. The molecule has 0 aromatic rings. The number of alkyl halides is 1. The molecule has 0 spiro atoms. The number of carbonyl (C=O) groups excluding carboxylic acids is 1. The van der Waals surface area contributed by atoms with Gasteiger partial charge in [0.25, 0.3) is 0 Å². The molecule has 0 aliphatic carbocycles. The average Bonchev–Trinajstić information content (AvgIpc) is 2.45. The first-order valence-corrected chi connectivity index (χ1v) is 9.58. The summed E-state index contributed by atoms with van der Waals surface area (Å²) in [6.07, 6.45) is 13.9. The molecule has 0 bridgehead atoms. The molecule has 0 saturated carbocycles. The Hall–Kier alpha value is -0.380. The molecule has 0 saturated heterocycles. The number of carbonyl (C=O) groups is 2. The molecule has 0 rings (SSSR count). The minimum absolute atomic E-state index is 0.296. The van der Waals surface area contributed by atoms with E-state index >= 15 is 0 Å². The number of ketones is 1. The van der Waals surface area contributed by atoms with E-state index in [0.29, 0.717) is 12.2 Å². The van der Waals surface area contributed by atoms with Gasteiger partial charge in [-0.05, 0) is 25.7 Å². The van der Waals surface area contributed by atoms with Crippen molar-refractivity contribution in [3.05, 3.63) is 0 Å². The summed E-state index contributed by atoms with van der Waals surface area (Å²) in [4.78, 5) is 22.0. The zero-order valence-corrected chi connectivity index (χ0v) is 14.8. The molecule has 0 aliphatic rings. The van der Waals surface area contributed by atoms with Gasteiger partial charge in [-0.1, -0.05) is 60.9 Å². The number of carboxylic acids is 1. The van der Waals surface area contributed by atoms with E-state index in [0.717, 1.165) is 56.7 Å². The van der Waals surface area contributed by atoms with Gasteiger partial charge in [-0.3, -0.25) is 9.59 Å². The van der Waals surface area contributed by atoms with Crippen LogP contribution in [0.3, 0.4) is 0 Å². The molecule has 1 N–H and O–H groups in total. The summed E-state index contributed by atoms with van der Waals surface area (Å²) in [6, 6.07) is 0. The van der Waals surface area contributed by atoms with E-state index in [1.807, 2.05) is 0 Å². The molecular formula is C17H31BrO3. The van der Waals surface area contributed by atoms with Crippen LogP contribution >= 0.6 is 15.9 Å². The van der Waals surface area contributed by atoms with E-state index in [1.165, 1.54) is 32.1 Å². The zero-order valence-electron chi connectivity index (χ0n) is 13.2. The first kappa shape index (κ1) is 20.6. The second-order valence-corrected chi connectivity index (χ2v) is 6.55. The summed E-state index contributed by atoms with van der Waals surface area (Å²) in [5, 5.41) is 9.57. The number of rotatable bonds is 16. The van der Waals surface area contributed by atoms with E-state index in [9.17, 15) is 9.59 Å². The maximum absolute atomic E-state index is 11.6. The lowest BCUT2D eigenvalue weighted by Gasteiger charge is -2.02. The number of halogens is 1.